The summed E-state index contributed by atoms with van der Waals surface area (Å²) in [5.74, 6) is 0.576. The van der Waals surface area contributed by atoms with Crippen molar-refractivity contribution in [1.29, 1.82) is 0 Å². The summed E-state index contributed by atoms with van der Waals surface area (Å²) >= 11 is 1.60. The van der Waals surface area contributed by atoms with Crippen LogP contribution in [0, 0.1) is 6.92 Å². The average Bonchev–Trinajstić information content (AvgIpc) is 3.00. The first-order valence-electron chi connectivity index (χ1n) is 8.10. The molecule has 4 nitrogen and oxygen atoms in total. The number of amides is 1. The number of aryl methyl sites for hydroxylation is 1. The van der Waals surface area contributed by atoms with Crippen molar-refractivity contribution >= 4 is 17.2 Å². The molecule has 1 atom stereocenters. The fourth-order valence-corrected chi connectivity index (χ4v) is 3.86. The van der Waals surface area contributed by atoms with Crippen LogP contribution in [0.15, 0.2) is 29.6 Å². The first-order chi connectivity index (χ1) is 11.1. The van der Waals surface area contributed by atoms with Gasteiger partial charge in [0.2, 0.25) is 0 Å². The van der Waals surface area contributed by atoms with E-state index in [9.17, 15) is 4.79 Å². The van der Waals surface area contributed by atoms with Crippen LogP contribution in [-0.2, 0) is 6.54 Å². The molecule has 1 N–H and O–H groups in total. The van der Waals surface area contributed by atoms with Crippen molar-refractivity contribution in [3.63, 3.8) is 0 Å². The Balaban J connectivity index is 1.71. The first kappa shape index (κ1) is 16.1. The van der Waals surface area contributed by atoms with Gasteiger partial charge in [-0.2, -0.15) is 0 Å². The van der Waals surface area contributed by atoms with E-state index in [2.05, 4.69) is 22.4 Å². The Bertz CT molecular complexity index is 676. The summed E-state index contributed by atoms with van der Waals surface area (Å²) in [5.41, 5.74) is 3.04. The molecule has 0 aliphatic carbocycles. The SMILES string of the molecule is Cc1csc(CN(C)C(=O)c2cccc([C@@H]3CCCNC3)c2)n1. The highest BCUT2D eigenvalue weighted by Crippen LogP contribution is 2.24. The number of nitrogens with one attached hydrogen (secondary N) is 1. The maximum atomic E-state index is 12.7. The molecule has 0 bridgehead atoms. The Morgan fingerprint density at radius 1 is 1.48 bits per heavy atom. The molecule has 1 saturated heterocycles. The second-order valence-electron chi connectivity index (χ2n) is 6.21. The normalized spacial score (nSPS) is 17.9. The number of carbonyl (C=O) groups is 1. The third-order valence-electron chi connectivity index (χ3n) is 4.29. The first-order valence-corrected chi connectivity index (χ1v) is 8.98. The molecule has 1 aliphatic rings. The van der Waals surface area contributed by atoms with Gasteiger partial charge in [0, 0.05) is 30.2 Å². The van der Waals surface area contributed by atoms with Gasteiger partial charge in [0.15, 0.2) is 0 Å². The second kappa shape index (κ2) is 7.23. The number of piperidine rings is 1. The molecule has 5 heteroatoms. The molecular weight excluding hydrogens is 306 g/mol. The van der Waals surface area contributed by atoms with Gasteiger partial charge in [-0.1, -0.05) is 12.1 Å². The molecular formula is C18H23N3OS. The minimum atomic E-state index is 0.0588. The number of benzene rings is 1. The van der Waals surface area contributed by atoms with E-state index in [0.29, 0.717) is 12.5 Å². The summed E-state index contributed by atoms with van der Waals surface area (Å²) in [4.78, 5) is 18.9. The average molecular weight is 329 g/mol. The van der Waals surface area contributed by atoms with Crippen LogP contribution < -0.4 is 5.32 Å². The van der Waals surface area contributed by atoms with E-state index in [-0.39, 0.29) is 5.91 Å². The number of thiazole rings is 1. The third-order valence-corrected chi connectivity index (χ3v) is 5.24. The van der Waals surface area contributed by atoms with Crippen LogP contribution in [0.5, 0.6) is 0 Å². The van der Waals surface area contributed by atoms with Gasteiger partial charge >= 0.3 is 0 Å². The van der Waals surface area contributed by atoms with Crippen molar-refractivity contribution < 1.29 is 4.79 Å². The molecule has 23 heavy (non-hydrogen) atoms. The van der Waals surface area contributed by atoms with Crippen LogP contribution in [0.1, 0.15) is 45.4 Å². The van der Waals surface area contributed by atoms with Gasteiger partial charge < -0.3 is 10.2 Å². The molecule has 1 aromatic carbocycles. The molecule has 0 radical (unpaired) electrons. The van der Waals surface area contributed by atoms with Crippen molar-refractivity contribution in [2.24, 2.45) is 0 Å². The van der Waals surface area contributed by atoms with E-state index < -0.39 is 0 Å². The number of carbonyl (C=O) groups excluding carboxylic acids is 1. The lowest BCUT2D eigenvalue weighted by Crippen LogP contribution is -2.29. The predicted molar refractivity (Wildman–Crippen MR) is 93.9 cm³/mol. The number of hydrogen-bond donors (Lipinski definition) is 1. The maximum absolute atomic E-state index is 12.7. The molecule has 0 unspecified atom stereocenters. The van der Waals surface area contributed by atoms with Gasteiger partial charge in [0.05, 0.1) is 6.54 Å². The highest BCUT2D eigenvalue weighted by molar-refractivity contribution is 7.09. The van der Waals surface area contributed by atoms with Gasteiger partial charge in [-0.3, -0.25) is 4.79 Å². The van der Waals surface area contributed by atoms with Gasteiger partial charge in [-0.05, 0) is 49.9 Å². The van der Waals surface area contributed by atoms with Gasteiger partial charge in [0.25, 0.3) is 5.91 Å². The quantitative estimate of drug-likeness (QED) is 0.937. The highest BCUT2D eigenvalue weighted by Gasteiger charge is 2.18. The molecule has 0 saturated carbocycles. The van der Waals surface area contributed by atoms with E-state index in [1.54, 1.807) is 16.2 Å². The Kier molecular flexibility index (Phi) is 5.08. The lowest BCUT2D eigenvalue weighted by Gasteiger charge is -2.24. The topological polar surface area (TPSA) is 45.2 Å². The molecule has 1 amide bonds. The molecule has 1 fully saturated rings. The highest BCUT2D eigenvalue weighted by atomic mass is 32.1. The number of nitrogens with zero attached hydrogens (tertiary/aromatic N) is 2. The van der Waals surface area contributed by atoms with Crippen LogP contribution in [0.25, 0.3) is 0 Å². The van der Waals surface area contributed by atoms with E-state index in [0.717, 1.165) is 29.4 Å². The fourth-order valence-electron chi connectivity index (χ4n) is 3.03. The molecule has 0 spiro atoms. The zero-order chi connectivity index (χ0) is 16.2. The predicted octanol–water partition coefficient (Wildman–Crippen LogP) is 3.19. The molecule has 3 rings (SSSR count). The minimum Gasteiger partial charge on any atom is -0.335 e. The maximum Gasteiger partial charge on any atom is 0.253 e. The molecule has 1 aromatic heterocycles. The lowest BCUT2D eigenvalue weighted by atomic mass is 9.90. The van der Waals surface area contributed by atoms with Crippen molar-refractivity contribution in [1.82, 2.24) is 15.2 Å². The largest absolute Gasteiger partial charge is 0.335 e. The van der Waals surface area contributed by atoms with E-state index in [1.807, 2.05) is 31.5 Å². The summed E-state index contributed by atoms with van der Waals surface area (Å²) in [7, 11) is 1.84. The van der Waals surface area contributed by atoms with Crippen LogP contribution in [0.4, 0.5) is 0 Å². The Morgan fingerprint density at radius 2 is 2.35 bits per heavy atom. The van der Waals surface area contributed by atoms with Crippen LogP contribution in [0.2, 0.25) is 0 Å². The summed E-state index contributed by atoms with van der Waals surface area (Å²) in [6, 6.07) is 8.10. The standard InChI is InChI=1S/C18H23N3OS/c1-13-12-23-17(20-13)11-21(2)18(22)15-6-3-5-14(9-15)16-7-4-8-19-10-16/h3,5-6,9,12,16,19H,4,7-8,10-11H2,1-2H3/t16-/m1/s1. The monoisotopic (exact) mass is 329 g/mol. The van der Waals surface area contributed by atoms with E-state index in [4.69, 9.17) is 0 Å². The van der Waals surface area contributed by atoms with Crippen molar-refractivity contribution in [2.45, 2.75) is 32.2 Å². The lowest BCUT2D eigenvalue weighted by molar-refractivity contribution is 0.0785. The second-order valence-corrected chi connectivity index (χ2v) is 7.16. The zero-order valence-electron chi connectivity index (χ0n) is 13.7. The summed E-state index contributed by atoms with van der Waals surface area (Å²) in [6.07, 6.45) is 2.39. The van der Waals surface area contributed by atoms with Crippen molar-refractivity contribution in [3.05, 3.63) is 51.5 Å². The van der Waals surface area contributed by atoms with E-state index >= 15 is 0 Å². The van der Waals surface area contributed by atoms with Crippen molar-refractivity contribution in [3.8, 4) is 0 Å². The molecule has 122 valence electrons. The smallest absolute Gasteiger partial charge is 0.253 e. The van der Waals surface area contributed by atoms with Crippen LogP contribution in [0.3, 0.4) is 0 Å². The number of hydrogen-bond acceptors (Lipinski definition) is 4. The number of aromatic nitrogens is 1. The zero-order valence-corrected chi connectivity index (χ0v) is 14.5. The van der Waals surface area contributed by atoms with Crippen LogP contribution in [-0.4, -0.2) is 35.9 Å². The third kappa shape index (κ3) is 3.98. The summed E-state index contributed by atoms with van der Waals surface area (Å²) < 4.78 is 0. The van der Waals surface area contributed by atoms with Gasteiger partial charge in [-0.15, -0.1) is 11.3 Å². The molecule has 2 aromatic rings. The molecule has 2 heterocycles. The molecule has 1 aliphatic heterocycles. The Morgan fingerprint density at radius 3 is 3.04 bits per heavy atom. The number of rotatable bonds is 4. The van der Waals surface area contributed by atoms with Gasteiger partial charge in [-0.25, -0.2) is 4.98 Å². The van der Waals surface area contributed by atoms with Crippen molar-refractivity contribution in [2.75, 3.05) is 20.1 Å². The summed E-state index contributed by atoms with van der Waals surface area (Å²) in [5, 5.41) is 6.43. The summed E-state index contributed by atoms with van der Waals surface area (Å²) in [6.45, 7) is 4.65. The fraction of sp³-hybridized carbons (Fsp3) is 0.444. The van der Waals surface area contributed by atoms with Gasteiger partial charge in [0.1, 0.15) is 5.01 Å². The Labute approximate surface area is 141 Å². The minimum absolute atomic E-state index is 0.0588. The van der Waals surface area contributed by atoms with E-state index in [1.165, 1.54) is 18.4 Å². The van der Waals surface area contributed by atoms with Crippen LogP contribution >= 0.6 is 11.3 Å². The Hall–Kier alpha value is -1.72.